The summed E-state index contributed by atoms with van der Waals surface area (Å²) in [7, 11) is -2.33. The monoisotopic (exact) mass is 402 g/mol. The number of piperidine rings is 1. The molecule has 2 aromatic carbocycles. The second-order valence-electron chi connectivity index (χ2n) is 7.10. The third-order valence-electron chi connectivity index (χ3n) is 5.15. The van der Waals surface area contributed by atoms with Gasteiger partial charge in [0.1, 0.15) is 10.6 Å². The molecule has 3 rings (SSSR count). The number of sulfonamides is 1. The topological polar surface area (TPSA) is 75.7 Å². The van der Waals surface area contributed by atoms with E-state index < -0.39 is 10.0 Å². The van der Waals surface area contributed by atoms with E-state index in [1.165, 1.54) is 23.5 Å². The molecular weight excluding hydrogens is 376 g/mol. The Morgan fingerprint density at radius 3 is 2.61 bits per heavy atom. The van der Waals surface area contributed by atoms with Gasteiger partial charge in [0.2, 0.25) is 10.0 Å². The molecule has 0 aliphatic carbocycles. The molecule has 0 saturated carbocycles. The summed E-state index contributed by atoms with van der Waals surface area (Å²) in [6.45, 7) is 4.29. The molecule has 0 radical (unpaired) electrons. The van der Waals surface area contributed by atoms with Gasteiger partial charge in [0, 0.05) is 23.8 Å². The summed E-state index contributed by atoms with van der Waals surface area (Å²) in [6, 6.07) is 11.9. The summed E-state index contributed by atoms with van der Waals surface area (Å²) in [5.41, 5.74) is 1.89. The van der Waals surface area contributed by atoms with E-state index in [0.717, 1.165) is 24.8 Å². The van der Waals surface area contributed by atoms with Crippen molar-refractivity contribution in [3.05, 3.63) is 53.6 Å². The number of rotatable bonds is 5. The number of aryl methyl sites for hydroxylation is 1. The van der Waals surface area contributed by atoms with Gasteiger partial charge in [-0.25, -0.2) is 8.42 Å². The Morgan fingerprint density at radius 1 is 1.18 bits per heavy atom. The van der Waals surface area contributed by atoms with Crippen molar-refractivity contribution in [1.82, 2.24) is 4.31 Å². The number of amides is 1. The highest BCUT2D eigenvalue weighted by molar-refractivity contribution is 7.89. The maximum Gasteiger partial charge on any atom is 0.255 e. The fraction of sp³-hybridized carbons (Fsp3) is 0.381. The fourth-order valence-corrected chi connectivity index (χ4v) is 5.37. The van der Waals surface area contributed by atoms with Crippen molar-refractivity contribution in [2.24, 2.45) is 0 Å². The Hall–Kier alpha value is -2.38. The second kappa shape index (κ2) is 8.32. The lowest BCUT2D eigenvalue weighted by molar-refractivity contribution is 0.102. The van der Waals surface area contributed by atoms with Gasteiger partial charge in [0.25, 0.3) is 5.91 Å². The van der Waals surface area contributed by atoms with Gasteiger partial charge < -0.3 is 10.1 Å². The van der Waals surface area contributed by atoms with Gasteiger partial charge in [-0.3, -0.25) is 4.79 Å². The number of hydrogen-bond acceptors (Lipinski definition) is 4. The van der Waals surface area contributed by atoms with E-state index in [1.807, 2.05) is 38.1 Å². The van der Waals surface area contributed by atoms with Crippen molar-refractivity contribution in [2.75, 3.05) is 19.0 Å². The number of benzene rings is 2. The number of para-hydroxylation sites is 1. The highest BCUT2D eigenvalue weighted by atomic mass is 32.2. The van der Waals surface area contributed by atoms with Crippen LogP contribution in [0.1, 0.15) is 42.1 Å². The van der Waals surface area contributed by atoms with Gasteiger partial charge in [0.05, 0.1) is 7.11 Å². The molecule has 150 valence electrons. The molecule has 1 heterocycles. The number of nitrogens with one attached hydrogen (secondary N) is 1. The van der Waals surface area contributed by atoms with Crippen LogP contribution in [-0.2, 0) is 10.0 Å². The molecule has 1 atom stereocenters. The van der Waals surface area contributed by atoms with Crippen LogP contribution in [0.3, 0.4) is 0 Å². The maximum atomic E-state index is 13.3. The molecule has 1 aliphatic rings. The van der Waals surface area contributed by atoms with E-state index in [-0.39, 0.29) is 28.2 Å². The van der Waals surface area contributed by atoms with Crippen LogP contribution >= 0.6 is 0 Å². The fourth-order valence-electron chi connectivity index (χ4n) is 3.48. The molecule has 2 aromatic rings. The average molecular weight is 403 g/mol. The highest BCUT2D eigenvalue weighted by Crippen LogP contribution is 2.32. The van der Waals surface area contributed by atoms with Crippen molar-refractivity contribution in [2.45, 2.75) is 44.0 Å². The molecule has 28 heavy (non-hydrogen) atoms. The summed E-state index contributed by atoms with van der Waals surface area (Å²) in [5, 5.41) is 2.84. The number of carbonyl (C=O) groups is 1. The first kappa shape index (κ1) is 20.4. The van der Waals surface area contributed by atoms with Crippen LogP contribution in [0.5, 0.6) is 5.75 Å². The van der Waals surface area contributed by atoms with Crippen LogP contribution in [-0.4, -0.2) is 38.3 Å². The molecule has 1 unspecified atom stereocenters. The van der Waals surface area contributed by atoms with Crippen LogP contribution in [0.25, 0.3) is 0 Å². The second-order valence-corrected chi connectivity index (χ2v) is 8.95. The summed E-state index contributed by atoms with van der Waals surface area (Å²) in [6.07, 6.45) is 2.68. The van der Waals surface area contributed by atoms with Gasteiger partial charge in [-0.15, -0.1) is 0 Å². The maximum absolute atomic E-state index is 13.3. The zero-order valence-corrected chi connectivity index (χ0v) is 17.3. The summed E-state index contributed by atoms with van der Waals surface area (Å²) in [4.78, 5) is 12.8. The quantitative estimate of drug-likeness (QED) is 0.825. The van der Waals surface area contributed by atoms with Gasteiger partial charge in [-0.1, -0.05) is 24.6 Å². The first-order valence-electron chi connectivity index (χ1n) is 9.41. The number of hydrogen-bond donors (Lipinski definition) is 1. The van der Waals surface area contributed by atoms with E-state index in [1.54, 1.807) is 6.07 Å². The van der Waals surface area contributed by atoms with Crippen molar-refractivity contribution in [3.8, 4) is 5.75 Å². The minimum Gasteiger partial charge on any atom is -0.495 e. The van der Waals surface area contributed by atoms with E-state index in [2.05, 4.69) is 5.32 Å². The average Bonchev–Trinajstić information content (AvgIpc) is 2.69. The Balaban J connectivity index is 1.96. The van der Waals surface area contributed by atoms with Gasteiger partial charge >= 0.3 is 0 Å². The van der Waals surface area contributed by atoms with Crippen molar-refractivity contribution in [3.63, 3.8) is 0 Å². The van der Waals surface area contributed by atoms with E-state index >= 15 is 0 Å². The minimum atomic E-state index is -3.76. The smallest absolute Gasteiger partial charge is 0.255 e. The van der Waals surface area contributed by atoms with E-state index in [0.29, 0.717) is 12.2 Å². The molecule has 0 bridgehead atoms. The van der Waals surface area contributed by atoms with E-state index in [4.69, 9.17) is 4.74 Å². The minimum absolute atomic E-state index is 0.0289. The Labute approximate surface area is 166 Å². The third-order valence-corrected chi connectivity index (χ3v) is 7.18. The van der Waals surface area contributed by atoms with Gasteiger partial charge in [0.15, 0.2) is 0 Å². The summed E-state index contributed by atoms with van der Waals surface area (Å²) in [5.74, 6) is -0.120. The van der Waals surface area contributed by atoms with Gasteiger partial charge in [-0.05, 0) is 56.5 Å². The van der Waals surface area contributed by atoms with Crippen LogP contribution < -0.4 is 10.1 Å². The molecule has 6 nitrogen and oxygen atoms in total. The SMILES string of the molecule is COc1ccc(C(=O)Nc2ccccc2C)cc1S(=O)(=O)N1CCCCC1C. The normalized spacial score (nSPS) is 17.9. The lowest BCUT2D eigenvalue weighted by Gasteiger charge is -2.32. The number of ether oxygens (including phenoxy) is 1. The summed E-state index contributed by atoms with van der Waals surface area (Å²) < 4.78 is 33.4. The van der Waals surface area contributed by atoms with Gasteiger partial charge in [-0.2, -0.15) is 4.31 Å². The molecular formula is C21H26N2O4S. The predicted octanol–water partition coefficient (Wildman–Crippen LogP) is 3.82. The van der Waals surface area contributed by atoms with Crippen molar-refractivity contribution >= 4 is 21.6 Å². The Morgan fingerprint density at radius 2 is 1.93 bits per heavy atom. The molecule has 0 spiro atoms. The highest BCUT2D eigenvalue weighted by Gasteiger charge is 2.33. The molecule has 1 aliphatic heterocycles. The molecule has 1 amide bonds. The third kappa shape index (κ3) is 4.05. The lowest BCUT2D eigenvalue weighted by atomic mass is 10.1. The summed E-state index contributed by atoms with van der Waals surface area (Å²) >= 11 is 0. The van der Waals surface area contributed by atoms with Crippen LogP contribution in [0.15, 0.2) is 47.4 Å². The molecule has 1 saturated heterocycles. The first-order valence-corrected chi connectivity index (χ1v) is 10.9. The number of nitrogens with zero attached hydrogens (tertiary/aromatic N) is 1. The van der Waals surface area contributed by atoms with Crippen LogP contribution in [0.4, 0.5) is 5.69 Å². The zero-order chi connectivity index (χ0) is 20.3. The largest absolute Gasteiger partial charge is 0.495 e. The van der Waals surface area contributed by atoms with Crippen molar-refractivity contribution in [1.29, 1.82) is 0 Å². The van der Waals surface area contributed by atoms with Crippen LogP contribution in [0.2, 0.25) is 0 Å². The van der Waals surface area contributed by atoms with Crippen LogP contribution in [0, 0.1) is 6.92 Å². The molecule has 0 aromatic heterocycles. The molecule has 7 heteroatoms. The lowest BCUT2D eigenvalue weighted by Crippen LogP contribution is -2.42. The number of anilines is 1. The first-order chi connectivity index (χ1) is 13.3. The Bertz CT molecular complexity index is 972. The molecule has 1 fully saturated rings. The Kier molecular flexibility index (Phi) is 6.05. The number of methoxy groups -OCH3 is 1. The predicted molar refractivity (Wildman–Crippen MR) is 109 cm³/mol. The standard InChI is InChI=1S/C21H26N2O4S/c1-15-8-4-5-10-18(15)22-21(24)17-11-12-19(27-3)20(14-17)28(25,26)23-13-7-6-9-16(23)2/h4-5,8,10-12,14,16H,6-7,9,13H2,1-3H3,(H,22,24). The zero-order valence-electron chi connectivity index (χ0n) is 16.4. The molecule has 1 N–H and O–H groups in total. The van der Waals surface area contributed by atoms with E-state index in [9.17, 15) is 13.2 Å². The van der Waals surface area contributed by atoms with Crippen molar-refractivity contribution < 1.29 is 17.9 Å². The number of carbonyl (C=O) groups excluding carboxylic acids is 1.